The number of hydrogen-bond donors (Lipinski definition) is 1. The van der Waals surface area contributed by atoms with Gasteiger partial charge in [-0.25, -0.2) is 0 Å². The number of rotatable bonds is 40. The highest BCUT2D eigenvalue weighted by molar-refractivity contribution is 5.69. The van der Waals surface area contributed by atoms with Gasteiger partial charge in [0.2, 0.25) is 0 Å². The van der Waals surface area contributed by atoms with Crippen molar-refractivity contribution in [2.45, 2.75) is 207 Å². The second-order valence-corrected chi connectivity index (χ2v) is 15.4. The Labute approximate surface area is 379 Å². The summed E-state index contributed by atoms with van der Waals surface area (Å²) in [5.74, 6) is 25.0. The minimum absolute atomic E-state index is 0.0728. The molecule has 0 heterocycles. The smallest absolute Gasteiger partial charge is 0.305 e. The molecule has 0 aliphatic heterocycles. The van der Waals surface area contributed by atoms with Gasteiger partial charge in [-0.05, 0) is 83.7 Å². The third kappa shape index (κ3) is 43.6. The molecule has 0 fully saturated rings. The minimum Gasteiger partial charge on any atom is -0.466 e. The summed E-state index contributed by atoms with van der Waals surface area (Å²) in [6, 6.07) is 0. The standard InChI is InChI=1S/C52H87NO9/c1-5-9-13-17-21-29-45-59-51(60-46-30-22-18-14-10-6-2)36-26-25-35-49(55)57-43-33-27-39-53(41-42-54)40-28-34-44-58-50(56)37-38-52(61-47-31-23-19-15-11-7-3)62-48-32-24-20-16-12-8-4/h51-52,54H,5-16,25-48H2,1-4H3. The molecule has 10 heteroatoms. The molecule has 0 spiro atoms. The van der Waals surface area contributed by atoms with E-state index in [1.165, 1.54) is 0 Å². The van der Waals surface area contributed by atoms with E-state index >= 15 is 0 Å². The number of carbonyl (C=O) groups excluding carboxylic acids is 2. The van der Waals surface area contributed by atoms with Gasteiger partial charge in [0.25, 0.3) is 0 Å². The first-order valence-electron chi connectivity index (χ1n) is 24.4. The van der Waals surface area contributed by atoms with Crippen LogP contribution < -0.4 is 0 Å². The molecule has 0 aromatic carbocycles. The summed E-state index contributed by atoms with van der Waals surface area (Å²) in [6.45, 7) is 13.6. The van der Waals surface area contributed by atoms with Gasteiger partial charge in [-0.3, -0.25) is 9.59 Å². The summed E-state index contributed by atoms with van der Waals surface area (Å²) in [5.41, 5.74) is 0. The summed E-state index contributed by atoms with van der Waals surface area (Å²) >= 11 is 0. The molecule has 0 rings (SSSR count). The summed E-state index contributed by atoms with van der Waals surface area (Å²) in [6.07, 6.45) is 20.9. The lowest BCUT2D eigenvalue weighted by molar-refractivity contribution is -0.157. The lowest BCUT2D eigenvalue weighted by atomic mass is 10.2. The average Bonchev–Trinajstić information content (AvgIpc) is 3.27. The topological polar surface area (TPSA) is 113 Å². The molecule has 10 nitrogen and oxygen atoms in total. The quantitative estimate of drug-likeness (QED) is 0.0276. The van der Waals surface area contributed by atoms with E-state index in [9.17, 15) is 14.7 Å². The van der Waals surface area contributed by atoms with Crippen LogP contribution in [0.5, 0.6) is 0 Å². The Bertz CT molecular complexity index is 1230. The van der Waals surface area contributed by atoms with E-state index in [0.717, 1.165) is 122 Å². The van der Waals surface area contributed by atoms with Gasteiger partial charge < -0.3 is 38.4 Å². The molecule has 0 aliphatic carbocycles. The lowest BCUT2D eigenvalue weighted by Gasteiger charge is -2.21. The van der Waals surface area contributed by atoms with Crippen LogP contribution >= 0.6 is 0 Å². The second kappa shape index (κ2) is 49.0. The Kier molecular flexibility index (Phi) is 46.5. The van der Waals surface area contributed by atoms with Crippen molar-refractivity contribution in [2.24, 2.45) is 0 Å². The summed E-state index contributed by atoms with van der Waals surface area (Å²) < 4.78 is 34.9. The first kappa shape index (κ1) is 58.9. The van der Waals surface area contributed by atoms with Gasteiger partial charge in [0.1, 0.15) is 0 Å². The number of aliphatic hydroxyl groups excluding tert-OH is 1. The van der Waals surface area contributed by atoms with Crippen LogP contribution in [0.1, 0.15) is 195 Å². The average molecular weight is 870 g/mol. The van der Waals surface area contributed by atoms with Gasteiger partial charge in [-0.1, -0.05) is 53.4 Å². The molecule has 0 amide bonds. The number of ether oxygens (including phenoxy) is 6. The first-order valence-corrected chi connectivity index (χ1v) is 24.4. The Hall–Kier alpha value is -3.06. The van der Waals surface area contributed by atoms with E-state index in [1.54, 1.807) is 0 Å². The summed E-state index contributed by atoms with van der Waals surface area (Å²) in [7, 11) is 0. The van der Waals surface area contributed by atoms with Crippen LogP contribution in [0.25, 0.3) is 0 Å². The van der Waals surface area contributed by atoms with Crippen LogP contribution in [0.2, 0.25) is 0 Å². The predicted molar refractivity (Wildman–Crippen MR) is 251 cm³/mol. The summed E-state index contributed by atoms with van der Waals surface area (Å²) in [5, 5.41) is 9.59. The van der Waals surface area contributed by atoms with Crippen molar-refractivity contribution >= 4 is 11.9 Å². The number of hydrogen-bond acceptors (Lipinski definition) is 10. The van der Waals surface area contributed by atoms with E-state index < -0.39 is 6.29 Å². The molecule has 0 atom stereocenters. The first-order chi connectivity index (χ1) is 30.5. The van der Waals surface area contributed by atoms with Crippen molar-refractivity contribution < 1.29 is 43.1 Å². The molecule has 0 saturated carbocycles. The van der Waals surface area contributed by atoms with Crippen LogP contribution in [0.15, 0.2) is 0 Å². The van der Waals surface area contributed by atoms with E-state index in [2.05, 4.69) is 80.0 Å². The van der Waals surface area contributed by atoms with Crippen molar-refractivity contribution in [3.8, 4) is 47.4 Å². The minimum atomic E-state index is -0.496. The van der Waals surface area contributed by atoms with Gasteiger partial charge in [0.05, 0.1) is 52.7 Å². The largest absolute Gasteiger partial charge is 0.466 e. The zero-order valence-corrected chi connectivity index (χ0v) is 39.8. The number of aliphatic hydroxyl groups is 1. The number of unbranched alkanes of at least 4 members (excludes halogenated alkanes) is 11. The van der Waals surface area contributed by atoms with E-state index in [0.29, 0.717) is 97.6 Å². The van der Waals surface area contributed by atoms with Crippen LogP contribution in [0, 0.1) is 47.4 Å². The molecule has 0 aliphatic rings. The van der Waals surface area contributed by atoms with Gasteiger partial charge in [-0.2, -0.15) is 0 Å². The zero-order valence-electron chi connectivity index (χ0n) is 39.8. The molecular weight excluding hydrogens is 783 g/mol. The fraction of sp³-hybridized carbons (Fsp3) is 0.808. The highest BCUT2D eigenvalue weighted by Crippen LogP contribution is 2.12. The molecule has 0 aromatic heterocycles. The van der Waals surface area contributed by atoms with Gasteiger partial charge >= 0.3 is 11.9 Å². The Morgan fingerprint density at radius 3 is 1.18 bits per heavy atom. The van der Waals surface area contributed by atoms with Crippen LogP contribution in [-0.2, 0) is 38.0 Å². The van der Waals surface area contributed by atoms with Gasteiger partial charge in [0, 0.05) is 70.8 Å². The van der Waals surface area contributed by atoms with Crippen molar-refractivity contribution in [3.05, 3.63) is 0 Å². The second-order valence-electron chi connectivity index (χ2n) is 15.4. The molecule has 0 radical (unpaired) electrons. The number of nitrogens with zero attached hydrogens (tertiary/aromatic N) is 1. The predicted octanol–water partition coefficient (Wildman–Crippen LogP) is 10.3. The maximum Gasteiger partial charge on any atom is 0.305 e. The lowest BCUT2D eigenvalue weighted by Crippen LogP contribution is -2.29. The van der Waals surface area contributed by atoms with Crippen LogP contribution in [0.4, 0.5) is 0 Å². The maximum absolute atomic E-state index is 12.5. The normalized spacial score (nSPS) is 10.7. The third-order valence-corrected chi connectivity index (χ3v) is 9.58. The third-order valence-electron chi connectivity index (χ3n) is 9.58. The number of esters is 2. The van der Waals surface area contributed by atoms with E-state index in [-0.39, 0.29) is 31.3 Å². The van der Waals surface area contributed by atoms with Crippen molar-refractivity contribution in [2.75, 3.05) is 65.9 Å². The molecule has 0 unspecified atom stereocenters. The van der Waals surface area contributed by atoms with Crippen molar-refractivity contribution in [1.82, 2.24) is 4.90 Å². The number of carbonyl (C=O) groups is 2. The zero-order chi connectivity index (χ0) is 45.2. The van der Waals surface area contributed by atoms with E-state index in [1.807, 2.05) is 0 Å². The summed E-state index contributed by atoms with van der Waals surface area (Å²) in [4.78, 5) is 27.1. The molecular formula is C52H87NO9. The Morgan fingerprint density at radius 2 is 0.790 bits per heavy atom. The molecule has 0 saturated heterocycles. The molecule has 0 bridgehead atoms. The Balaban J connectivity index is 4.38. The molecule has 1 N–H and O–H groups in total. The highest BCUT2D eigenvalue weighted by atomic mass is 16.7. The molecule has 354 valence electrons. The van der Waals surface area contributed by atoms with Crippen LogP contribution in [0.3, 0.4) is 0 Å². The highest BCUT2D eigenvalue weighted by Gasteiger charge is 2.14. The van der Waals surface area contributed by atoms with Gasteiger partial charge in [0.15, 0.2) is 12.6 Å². The van der Waals surface area contributed by atoms with Crippen molar-refractivity contribution in [3.63, 3.8) is 0 Å². The maximum atomic E-state index is 12.5. The fourth-order valence-corrected chi connectivity index (χ4v) is 5.85. The van der Waals surface area contributed by atoms with E-state index in [4.69, 9.17) is 28.4 Å². The Morgan fingerprint density at radius 1 is 0.419 bits per heavy atom. The van der Waals surface area contributed by atoms with Crippen molar-refractivity contribution in [1.29, 1.82) is 0 Å². The SMILES string of the molecule is CCCCC#CCCOC(CCCCC(=O)OCCCCN(CCO)CCCCOC(=O)CCC(OCCC#CCCCC)OCCC#CCCCC)OCCC#CCCCC. The monoisotopic (exact) mass is 870 g/mol. The van der Waals surface area contributed by atoms with Crippen LogP contribution in [-0.4, -0.2) is 100 Å². The molecule has 62 heavy (non-hydrogen) atoms. The fourth-order valence-electron chi connectivity index (χ4n) is 5.85. The van der Waals surface area contributed by atoms with Gasteiger partial charge in [-0.15, -0.1) is 47.4 Å². The molecule has 0 aromatic rings.